The van der Waals surface area contributed by atoms with Crippen LogP contribution in [0.5, 0.6) is 11.5 Å². The van der Waals surface area contributed by atoms with Crippen molar-refractivity contribution in [2.75, 3.05) is 19.1 Å². The number of anilines is 1. The number of nitrogens with zero attached hydrogens (tertiary/aromatic N) is 1. The summed E-state index contributed by atoms with van der Waals surface area (Å²) >= 11 is 0. The van der Waals surface area contributed by atoms with Crippen molar-refractivity contribution in [2.24, 2.45) is 0 Å². The van der Waals surface area contributed by atoms with Crippen molar-refractivity contribution in [3.63, 3.8) is 0 Å². The van der Waals surface area contributed by atoms with Crippen molar-refractivity contribution in [2.45, 2.75) is 19.9 Å². The first-order chi connectivity index (χ1) is 15.9. The normalized spacial score (nSPS) is 17.3. The standard InChI is InChI=1S/C27H25NO5/c1-16-8-7-10-18(14-16)28-24(20-11-6-5-9-17(20)2)23(26(30)27(28)31)25(29)21-15-19(32-3)12-13-22(21)33-4/h5-15,24,29H,1-4H3/b25-23+. The molecule has 168 valence electrons. The molecule has 1 fully saturated rings. The van der Waals surface area contributed by atoms with Crippen LogP contribution in [0.25, 0.3) is 5.76 Å². The van der Waals surface area contributed by atoms with Crippen LogP contribution >= 0.6 is 0 Å². The number of Topliss-reactive ketones (excluding diaryl/α,β-unsaturated/α-hetero) is 1. The maximum Gasteiger partial charge on any atom is 0.300 e. The summed E-state index contributed by atoms with van der Waals surface area (Å²) in [7, 11) is 2.98. The van der Waals surface area contributed by atoms with Gasteiger partial charge in [0.15, 0.2) is 0 Å². The predicted molar refractivity (Wildman–Crippen MR) is 127 cm³/mol. The van der Waals surface area contributed by atoms with E-state index in [-0.39, 0.29) is 16.9 Å². The molecule has 0 saturated carbocycles. The van der Waals surface area contributed by atoms with Crippen molar-refractivity contribution in [3.8, 4) is 11.5 Å². The molecule has 1 atom stereocenters. The molecule has 0 spiro atoms. The Morgan fingerprint density at radius 2 is 1.67 bits per heavy atom. The van der Waals surface area contributed by atoms with Crippen molar-refractivity contribution in [1.82, 2.24) is 0 Å². The molecule has 1 aliphatic rings. The van der Waals surface area contributed by atoms with Crippen LogP contribution in [0.15, 0.2) is 72.3 Å². The third-order valence-corrected chi connectivity index (χ3v) is 5.87. The highest BCUT2D eigenvalue weighted by atomic mass is 16.5. The summed E-state index contributed by atoms with van der Waals surface area (Å²) in [6.45, 7) is 3.84. The second-order valence-electron chi connectivity index (χ2n) is 7.93. The minimum Gasteiger partial charge on any atom is -0.507 e. The molecule has 0 aromatic heterocycles. The van der Waals surface area contributed by atoms with Gasteiger partial charge < -0.3 is 14.6 Å². The highest BCUT2D eigenvalue weighted by molar-refractivity contribution is 6.51. The zero-order chi connectivity index (χ0) is 23.7. The minimum atomic E-state index is -0.802. The molecular weight excluding hydrogens is 418 g/mol. The van der Waals surface area contributed by atoms with Gasteiger partial charge in [-0.05, 0) is 60.9 Å². The van der Waals surface area contributed by atoms with Gasteiger partial charge in [-0.3, -0.25) is 14.5 Å². The number of ether oxygens (including phenoxy) is 2. The molecule has 1 amide bonds. The maximum atomic E-state index is 13.4. The Hall–Kier alpha value is -4.06. The van der Waals surface area contributed by atoms with Gasteiger partial charge in [-0.15, -0.1) is 0 Å². The van der Waals surface area contributed by atoms with E-state index in [1.54, 1.807) is 24.3 Å². The molecule has 3 aromatic rings. The monoisotopic (exact) mass is 443 g/mol. The zero-order valence-electron chi connectivity index (χ0n) is 19.0. The molecule has 6 heteroatoms. The number of rotatable bonds is 5. The number of methoxy groups -OCH3 is 2. The Labute approximate surface area is 192 Å². The van der Waals surface area contributed by atoms with Gasteiger partial charge in [0.25, 0.3) is 11.7 Å². The molecule has 0 bridgehead atoms. The predicted octanol–water partition coefficient (Wildman–Crippen LogP) is 4.95. The van der Waals surface area contributed by atoms with E-state index in [2.05, 4.69) is 0 Å². The van der Waals surface area contributed by atoms with Crippen molar-refractivity contribution in [1.29, 1.82) is 0 Å². The van der Waals surface area contributed by atoms with E-state index in [0.717, 1.165) is 16.7 Å². The Kier molecular flexibility index (Phi) is 5.92. The van der Waals surface area contributed by atoms with E-state index in [1.807, 2.05) is 56.3 Å². The number of aryl methyl sites for hydroxylation is 2. The maximum absolute atomic E-state index is 13.4. The number of amides is 1. The number of ketones is 1. The molecule has 6 nitrogen and oxygen atoms in total. The largest absolute Gasteiger partial charge is 0.507 e. The van der Waals surface area contributed by atoms with Crippen LogP contribution in [0, 0.1) is 13.8 Å². The fourth-order valence-electron chi connectivity index (χ4n) is 4.21. The van der Waals surface area contributed by atoms with E-state index in [0.29, 0.717) is 17.2 Å². The van der Waals surface area contributed by atoms with Crippen LogP contribution in [0.4, 0.5) is 5.69 Å². The van der Waals surface area contributed by atoms with Gasteiger partial charge in [-0.1, -0.05) is 36.4 Å². The summed E-state index contributed by atoms with van der Waals surface area (Å²) in [6.07, 6.45) is 0. The van der Waals surface area contributed by atoms with Gasteiger partial charge in [0, 0.05) is 5.69 Å². The molecule has 1 saturated heterocycles. The molecule has 1 heterocycles. The molecule has 0 aliphatic carbocycles. The lowest BCUT2D eigenvalue weighted by Crippen LogP contribution is -2.29. The zero-order valence-corrected chi connectivity index (χ0v) is 19.0. The topological polar surface area (TPSA) is 76.1 Å². The molecule has 1 unspecified atom stereocenters. The van der Waals surface area contributed by atoms with Crippen LogP contribution in [0.2, 0.25) is 0 Å². The summed E-state index contributed by atoms with van der Waals surface area (Å²) in [5.41, 5.74) is 3.46. The van der Waals surface area contributed by atoms with Gasteiger partial charge in [0.1, 0.15) is 17.3 Å². The number of carbonyl (C=O) groups is 2. The highest BCUT2D eigenvalue weighted by Crippen LogP contribution is 2.44. The van der Waals surface area contributed by atoms with Crippen LogP contribution in [-0.2, 0) is 9.59 Å². The molecule has 1 aliphatic heterocycles. The molecule has 0 radical (unpaired) electrons. The Morgan fingerprint density at radius 3 is 2.33 bits per heavy atom. The third-order valence-electron chi connectivity index (χ3n) is 5.87. The first-order valence-electron chi connectivity index (χ1n) is 10.5. The summed E-state index contributed by atoms with van der Waals surface area (Å²) < 4.78 is 10.7. The van der Waals surface area contributed by atoms with E-state index in [9.17, 15) is 14.7 Å². The molecule has 33 heavy (non-hydrogen) atoms. The second-order valence-corrected chi connectivity index (χ2v) is 7.93. The first-order valence-corrected chi connectivity index (χ1v) is 10.5. The van der Waals surface area contributed by atoms with E-state index in [4.69, 9.17) is 9.47 Å². The van der Waals surface area contributed by atoms with Gasteiger partial charge in [-0.25, -0.2) is 0 Å². The molecular formula is C27H25NO5. The second kappa shape index (κ2) is 8.82. The van der Waals surface area contributed by atoms with Gasteiger partial charge in [0.2, 0.25) is 0 Å². The molecule has 4 rings (SSSR count). The third kappa shape index (κ3) is 3.84. The lowest BCUT2D eigenvalue weighted by molar-refractivity contribution is -0.132. The summed E-state index contributed by atoms with van der Waals surface area (Å²) in [5.74, 6) is -0.923. The van der Waals surface area contributed by atoms with Crippen LogP contribution in [0.3, 0.4) is 0 Å². The number of carbonyl (C=O) groups excluding carboxylic acids is 2. The van der Waals surface area contributed by atoms with E-state index < -0.39 is 17.7 Å². The summed E-state index contributed by atoms with van der Waals surface area (Å²) in [4.78, 5) is 28.1. The quantitative estimate of drug-likeness (QED) is 0.343. The Bertz CT molecular complexity index is 1280. The summed E-state index contributed by atoms with van der Waals surface area (Å²) in [6, 6.07) is 19.0. The van der Waals surface area contributed by atoms with Crippen molar-refractivity contribution < 1.29 is 24.2 Å². The average molecular weight is 443 g/mol. The van der Waals surface area contributed by atoms with Gasteiger partial charge in [0.05, 0.1) is 31.4 Å². The van der Waals surface area contributed by atoms with E-state index >= 15 is 0 Å². The number of benzene rings is 3. The number of hydrogen-bond donors (Lipinski definition) is 1. The SMILES string of the molecule is COc1ccc(OC)c(/C(O)=C2\C(=O)C(=O)N(c3cccc(C)c3)C2c2ccccc2C)c1. The minimum absolute atomic E-state index is 0.00218. The van der Waals surface area contributed by atoms with Gasteiger partial charge in [-0.2, -0.15) is 0 Å². The average Bonchev–Trinajstić information content (AvgIpc) is 3.08. The lowest BCUT2D eigenvalue weighted by Gasteiger charge is -2.27. The number of hydrogen-bond acceptors (Lipinski definition) is 5. The van der Waals surface area contributed by atoms with Gasteiger partial charge >= 0.3 is 0 Å². The first kappa shape index (κ1) is 22.1. The number of aliphatic hydroxyl groups is 1. The van der Waals surface area contributed by atoms with Crippen LogP contribution in [0.1, 0.15) is 28.3 Å². The fourth-order valence-corrected chi connectivity index (χ4v) is 4.21. The van der Waals surface area contributed by atoms with Crippen molar-refractivity contribution in [3.05, 3.63) is 94.6 Å². The van der Waals surface area contributed by atoms with Crippen molar-refractivity contribution >= 4 is 23.1 Å². The summed E-state index contributed by atoms with van der Waals surface area (Å²) in [5, 5.41) is 11.4. The van der Waals surface area contributed by atoms with Crippen LogP contribution < -0.4 is 14.4 Å². The molecule has 1 N–H and O–H groups in total. The lowest BCUT2D eigenvalue weighted by atomic mass is 9.92. The fraction of sp³-hybridized carbons (Fsp3) is 0.185. The Balaban J connectivity index is 2.02. The molecule has 3 aromatic carbocycles. The van der Waals surface area contributed by atoms with Crippen LogP contribution in [-0.4, -0.2) is 31.0 Å². The Morgan fingerprint density at radius 1 is 0.909 bits per heavy atom. The number of aliphatic hydroxyl groups excluding tert-OH is 1. The smallest absolute Gasteiger partial charge is 0.300 e. The van der Waals surface area contributed by atoms with E-state index in [1.165, 1.54) is 19.1 Å². The highest BCUT2D eigenvalue weighted by Gasteiger charge is 2.47.